The molecule has 2 amide bonds. The molecule has 25 heavy (non-hydrogen) atoms. The number of rotatable bonds is 3. The van der Waals surface area contributed by atoms with Crippen LogP contribution in [0.25, 0.3) is 0 Å². The van der Waals surface area contributed by atoms with Crippen LogP contribution in [0.5, 0.6) is 0 Å². The van der Waals surface area contributed by atoms with Crippen molar-refractivity contribution >= 4 is 11.8 Å². The Morgan fingerprint density at radius 1 is 1.00 bits per heavy atom. The predicted octanol–water partition coefficient (Wildman–Crippen LogP) is 3.44. The van der Waals surface area contributed by atoms with Gasteiger partial charge in [-0.25, -0.2) is 0 Å². The van der Waals surface area contributed by atoms with E-state index >= 15 is 0 Å². The van der Waals surface area contributed by atoms with Crippen LogP contribution in [0.1, 0.15) is 52.5 Å². The van der Waals surface area contributed by atoms with E-state index in [9.17, 15) is 9.59 Å². The predicted molar refractivity (Wildman–Crippen MR) is 98.4 cm³/mol. The van der Waals surface area contributed by atoms with E-state index in [1.165, 1.54) is 5.56 Å². The highest BCUT2D eigenvalue weighted by atomic mass is 16.2. The summed E-state index contributed by atoms with van der Waals surface area (Å²) in [5, 5.41) is 0. The van der Waals surface area contributed by atoms with E-state index in [1.54, 1.807) is 24.3 Å². The fourth-order valence-corrected chi connectivity index (χ4v) is 3.54. The fourth-order valence-electron chi connectivity index (χ4n) is 3.54. The minimum absolute atomic E-state index is 0.00690. The molecule has 3 rings (SSSR count). The molecule has 0 spiro atoms. The number of nitrogens with zero attached hydrogens (tertiary/aromatic N) is 1. The molecule has 0 aliphatic carbocycles. The second kappa shape index (κ2) is 6.71. The first-order valence-electron chi connectivity index (χ1n) is 8.62. The van der Waals surface area contributed by atoms with E-state index in [0.29, 0.717) is 23.6 Å². The number of hydrogen-bond donors (Lipinski definition) is 1. The summed E-state index contributed by atoms with van der Waals surface area (Å²) >= 11 is 0. The van der Waals surface area contributed by atoms with Gasteiger partial charge in [-0.05, 0) is 41.7 Å². The Kier molecular flexibility index (Phi) is 4.62. The summed E-state index contributed by atoms with van der Waals surface area (Å²) in [6, 6.07) is 17.0. The second-order valence-electron chi connectivity index (χ2n) is 7.39. The van der Waals surface area contributed by atoms with Crippen molar-refractivity contribution in [2.75, 3.05) is 13.1 Å². The monoisotopic (exact) mass is 336 g/mol. The van der Waals surface area contributed by atoms with Crippen molar-refractivity contribution in [1.82, 2.24) is 4.90 Å². The number of carbonyl (C=O) groups is 2. The van der Waals surface area contributed by atoms with Gasteiger partial charge in [-0.1, -0.05) is 44.2 Å². The van der Waals surface area contributed by atoms with E-state index in [2.05, 4.69) is 38.1 Å². The van der Waals surface area contributed by atoms with Gasteiger partial charge in [0.25, 0.3) is 5.91 Å². The number of amides is 2. The lowest BCUT2D eigenvalue weighted by molar-refractivity contribution is 0.0567. The first-order valence-corrected chi connectivity index (χ1v) is 8.62. The molecule has 1 atom stereocenters. The molecule has 1 fully saturated rings. The molecule has 1 heterocycles. The van der Waals surface area contributed by atoms with Crippen LogP contribution in [-0.4, -0.2) is 29.8 Å². The molecular weight excluding hydrogens is 312 g/mol. The molecule has 2 aromatic rings. The number of primary amides is 1. The normalized spacial score (nSPS) is 19.4. The van der Waals surface area contributed by atoms with Crippen LogP contribution in [0.15, 0.2) is 54.6 Å². The molecule has 0 radical (unpaired) electrons. The number of benzene rings is 2. The third-order valence-corrected chi connectivity index (χ3v) is 5.28. The average Bonchev–Trinajstić information content (AvgIpc) is 2.62. The van der Waals surface area contributed by atoms with Crippen LogP contribution in [0.4, 0.5) is 0 Å². The van der Waals surface area contributed by atoms with E-state index in [1.807, 2.05) is 11.0 Å². The fraction of sp³-hybridized carbons (Fsp3) is 0.333. The molecule has 4 nitrogen and oxygen atoms in total. The Morgan fingerprint density at radius 3 is 2.20 bits per heavy atom. The maximum Gasteiger partial charge on any atom is 0.253 e. The summed E-state index contributed by atoms with van der Waals surface area (Å²) in [5.74, 6) is -0.174. The van der Waals surface area contributed by atoms with Gasteiger partial charge in [0.05, 0.1) is 0 Å². The van der Waals surface area contributed by atoms with Crippen LogP contribution in [0.2, 0.25) is 0 Å². The third-order valence-electron chi connectivity index (χ3n) is 5.28. The number of piperidine rings is 1. The van der Waals surface area contributed by atoms with Gasteiger partial charge in [-0.2, -0.15) is 0 Å². The molecule has 0 bridgehead atoms. The lowest BCUT2D eigenvalue weighted by Crippen LogP contribution is -2.46. The minimum atomic E-state index is -0.483. The Labute approximate surface area is 148 Å². The summed E-state index contributed by atoms with van der Waals surface area (Å²) in [5.41, 5.74) is 7.69. The molecule has 2 N–H and O–H groups in total. The first-order chi connectivity index (χ1) is 11.9. The molecule has 2 aromatic carbocycles. The molecule has 130 valence electrons. The van der Waals surface area contributed by atoms with E-state index in [0.717, 1.165) is 13.0 Å². The maximum absolute atomic E-state index is 12.9. The van der Waals surface area contributed by atoms with Gasteiger partial charge >= 0.3 is 0 Å². The highest BCUT2D eigenvalue weighted by molar-refractivity contribution is 5.97. The van der Waals surface area contributed by atoms with E-state index in [4.69, 9.17) is 5.73 Å². The lowest BCUT2D eigenvalue weighted by atomic mass is 9.70. The Bertz CT molecular complexity index is 766. The van der Waals surface area contributed by atoms with Gasteiger partial charge in [0, 0.05) is 30.1 Å². The van der Waals surface area contributed by atoms with Gasteiger partial charge in [0.15, 0.2) is 0 Å². The number of carbonyl (C=O) groups excluding carboxylic acids is 2. The van der Waals surface area contributed by atoms with E-state index in [-0.39, 0.29) is 11.3 Å². The largest absolute Gasteiger partial charge is 0.366 e. The zero-order valence-corrected chi connectivity index (χ0v) is 14.7. The summed E-state index contributed by atoms with van der Waals surface area (Å²) < 4.78 is 0. The van der Waals surface area contributed by atoms with Gasteiger partial charge in [-0.3, -0.25) is 9.59 Å². The number of hydrogen-bond acceptors (Lipinski definition) is 2. The smallest absolute Gasteiger partial charge is 0.253 e. The van der Waals surface area contributed by atoms with Crippen molar-refractivity contribution in [2.24, 2.45) is 11.1 Å². The molecular formula is C21H24N2O2. The Hall–Kier alpha value is -2.62. The highest BCUT2D eigenvalue weighted by Crippen LogP contribution is 2.42. The van der Waals surface area contributed by atoms with Gasteiger partial charge in [-0.15, -0.1) is 0 Å². The minimum Gasteiger partial charge on any atom is -0.366 e. The SMILES string of the molecule is CC1(C)CCN(C(=O)c2ccc(C(N)=O)cc2)CC1c1ccccc1. The standard InChI is InChI=1S/C21H24N2O2/c1-21(2)12-13-23(14-18(21)15-6-4-3-5-7-15)20(25)17-10-8-16(9-11-17)19(22)24/h3-11,18H,12-14H2,1-2H3,(H2,22,24). The molecule has 1 aliphatic heterocycles. The molecule has 0 aromatic heterocycles. The van der Waals surface area contributed by atoms with Crippen LogP contribution < -0.4 is 5.73 Å². The van der Waals surface area contributed by atoms with Gasteiger partial charge in [0.1, 0.15) is 0 Å². The van der Waals surface area contributed by atoms with Crippen molar-refractivity contribution in [1.29, 1.82) is 0 Å². The highest BCUT2D eigenvalue weighted by Gasteiger charge is 2.38. The van der Waals surface area contributed by atoms with Crippen molar-refractivity contribution in [3.8, 4) is 0 Å². The van der Waals surface area contributed by atoms with Crippen LogP contribution in [0.3, 0.4) is 0 Å². The van der Waals surface area contributed by atoms with Crippen molar-refractivity contribution in [3.63, 3.8) is 0 Å². The van der Waals surface area contributed by atoms with Crippen LogP contribution in [-0.2, 0) is 0 Å². The first kappa shape index (κ1) is 17.2. The lowest BCUT2D eigenvalue weighted by Gasteiger charge is -2.44. The van der Waals surface area contributed by atoms with Crippen molar-refractivity contribution in [2.45, 2.75) is 26.2 Å². The Morgan fingerprint density at radius 2 is 1.60 bits per heavy atom. The zero-order valence-electron chi connectivity index (χ0n) is 14.7. The zero-order chi connectivity index (χ0) is 18.0. The third kappa shape index (κ3) is 3.58. The van der Waals surface area contributed by atoms with Gasteiger partial charge < -0.3 is 10.6 Å². The number of likely N-dealkylation sites (tertiary alicyclic amines) is 1. The second-order valence-corrected chi connectivity index (χ2v) is 7.39. The van der Waals surface area contributed by atoms with Crippen molar-refractivity contribution < 1.29 is 9.59 Å². The Balaban J connectivity index is 1.81. The molecule has 1 saturated heterocycles. The average molecular weight is 336 g/mol. The van der Waals surface area contributed by atoms with Gasteiger partial charge in [0.2, 0.25) is 5.91 Å². The summed E-state index contributed by atoms with van der Waals surface area (Å²) in [6.45, 7) is 5.99. The molecule has 1 aliphatic rings. The molecule has 1 unspecified atom stereocenters. The van der Waals surface area contributed by atoms with Crippen LogP contribution >= 0.6 is 0 Å². The molecule has 4 heteroatoms. The van der Waals surface area contributed by atoms with Crippen LogP contribution in [0, 0.1) is 5.41 Å². The quantitative estimate of drug-likeness (QED) is 0.933. The van der Waals surface area contributed by atoms with Crippen molar-refractivity contribution in [3.05, 3.63) is 71.3 Å². The summed E-state index contributed by atoms with van der Waals surface area (Å²) in [4.78, 5) is 26.0. The molecule has 0 saturated carbocycles. The number of nitrogens with two attached hydrogens (primary N) is 1. The van der Waals surface area contributed by atoms with E-state index < -0.39 is 5.91 Å². The summed E-state index contributed by atoms with van der Waals surface area (Å²) in [7, 11) is 0. The summed E-state index contributed by atoms with van der Waals surface area (Å²) in [6.07, 6.45) is 0.956. The topological polar surface area (TPSA) is 63.4 Å². The maximum atomic E-state index is 12.9.